The number of aromatic hydroxyl groups is 1. The maximum atomic E-state index is 12.4. The lowest BCUT2D eigenvalue weighted by atomic mass is 9.97. The minimum absolute atomic E-state index is 0.00884. The van der Waals surface area contributed by atoms with E-state index in [1.807, 2.05) is 13.8 Å². The fourth-order valence-corrected chi connectivity index (χ4v) is 3.12. The predicted octanol–water partition coefficient (Wildman–Crippen LogP) is 4.28. The number of rotatable bonds is 9. The van der Waals surface area contributed by atoms with Crippen molar-refractivity contribution < 1.29 is 19.4 Å². The molecule has 0 aliphatic carbocycles. The SMILES string of the molecule is CCCSCc1c(OC)cc(OC)c(C(=O)CC(C)C)c1O. The molecule has 22 heavy (non-hydrogen) atoms. The van der Waals surface area contributed by atoms with Crippen molar-refractivity contribution in [3.05, 3.63) is 17.2 Å². The van der Waals surface area contributed by atoms with Gasteiger partial charge in [0.05, 0.1) is 14.2 Å². The predicted molar refractivity (Wildman–Crippen MR) is 91.4 cm³/mol. The van der Waals surface area contributed by atoms with Crippen LogP contribution in [0.5, 0.6) is 17.2 Å². The highest BCUT2D eigenvalue weighted by molar-refractivity contribution is 7.98. The summed E-state index contributed by atoms with van der Waals surface area (Å²) in [7, 11) is 3.05. The molecule has 1 aromatic carbocycles. The Morgan fingerprint density at radius 2 is 1.91 bits per heavy atom. The van der Waals surface area contributed by atoms with Crippen LogP contribution in [0, 0.1) is 5.92 Å². The van der Waals surface area contributed by atoms with Crippen LogP contribution < -0.4 is 9.47 Å². The normalized spacial score (nSPS) is 10.8. The number of thioether (sulfide) groups is 1. The third-order valence-corrected chi connectivity index (χ3v) is 4.43. The zero-order valence-electron chi connectivity index (χ0n) is 14.1. The van der Waals surface area contributed by atoms with Crippen molar-refractivity contribution in [2.45, 2.75) is 39.4 Å². The molecule has 0 aliphatic rings. The van der Waals surface area contributed by atoms with E-state index in [1.54, 1.807) is 24.9 Å². The molecule has 0 atom stereocenters. The Bertz CT molecular complexity index is 512. The van der Waals surface area contributed by atoms with Crippen molar-refractivity contribution in [1.82, 2.24) is 0 Å². The Hall–Kier alpha value is -1.36. The van der Waals surface area contributed by atoms with Gasteiger partial charge in [0.1, 0.15) is 22.8 Å². The number of methoxy groups -OCH3 is 2. The Kier molecular flexibility index (Phi) is 7.59. The van der Waals surface area contributed by atoms with Crippen LogP contribution in [-0.4, -0.2) is 30.9 Å². The lowest BCUT2D eigenvalue weighted by Crippen LogP contribution is -2.08. The summed E-state index contributed by atoms with van der Waals surface area (Å²) in [5, 5.41) is 10.6. The molecule has 0 bridgehead atoms. The van der Waals surface area contributed by atoms with Gasteiger partial charge in [-0.1, -0.05) is 20.8 Å². The van der Waals surface area contributed by atoms with Gasteiger partial charge in [-0.05, 0) is 18.1 Å². The quantitative estimate of drug-likeness (QED) is 0.542. The van der Waals surface area contributed by atoms with Gasteiger partial charge in [0.15, 0.2) is 5.78 Å². The first-order chi connectivity index (χ1) is 10.5. The van der Waals surface area contributed by atoms with Gasteiger partial charge in [-0.15, -0.1) is 0 Å². The van der Waals surface area contributed by atoms with Gasteiger partial charge in [0, 0.05) is 23.8 Å². The van der Waals surface area contributed by atoms with Crippen LogP contribution in [0.25, 0.3) is 0 Å². The van der Waals surface area contributed by atoms with E-state index in [0.29, 0.717) is 29.2 Å². The average molecular weight is 326 g/mol. The number of hydrogen-bond acceptors (Lipinski definition) is 5. The minimum atomic E-state index is -0.103. The van der Waals surface area contributed by atoms with E-state index in [0.717, 1.165) is 12.2 Å². The monoisotopic (exact) mass is 326 g/mol. The Morgan fingerprint density at radius 3 is 2.41 bits per heavy atom. The van der Waals surface area contributed by atoms with Crippen LogP contribution in [0.3, 0.4) is 0 Å². The molecule has 0 radical (unpaired) electrons. The van der Waals surface area contributed by atoms with Crippen LogP contribution in [-0.2, 0) is 5.75 Å². The molecule has 0 saturated heterocycles. The highest BCUT2D eigenvalue weighted by atomic mass is 32.2. The van der Waals surface area contributed by atoms with Crippen molar-refractivity contribution >= 4 is 17.5 Å². The van der Waals surface area contributed by atoms with Crippen LogP contribution in [0.15, 0.2) is 6.07 Å². The molecular weight excluding hydrogens is 300 g/mol. The summed E-state index contributed by atoms with van der Waals surface area (Å²) in [6.45, 7) is 6.06. The molecule has 1 aromatic rings. The number of phenols is 1. The standard InChI is InChI=1S/C17H26O4S/c1-6-7-22-10-12-14(20-4)9-15(21-5)16(17(12)19)13(18)8-11(2)3/h9,11,19H,6-8,10H2,1-5H3. The number of Topliss-reactive ketones (excluding diaryl/α,β-unsaturated/α-hetero) is 1. The number of phenolic OH excluding ortho intramolecular Hbond substituents is 1. The summed E-state index contributed by atoms with van der Waals surface area (Å²) in [5.74, 6) is 2.62. The van der Waals surface area contributed by atoms with Crippen LogP contribution in [0.2, 0.25) is 0 Å². The minimum Gasteiger partial charge on any atom is -0.507 e. The molecular formula is C17H26O4S. The van der Waals surface area contributed by atoms with E-state index in [-0.39, 0.29) is 23.0 Å². The average Bonchev–Trinajstić information content (AvgIpc) is 2.47. The zero-order chi connectivity index (χ0) is 16.7. The second-order valence-electron chi connectivity index (χ2n) is 5.56. The molecule has 124 valence electrons. The summed E-state index contributed by atoms with van der Waals surface area (Å²) in [4.78, 5) is 12.4. The number of hydrogen-bond donors (Lipinski definition) is 1. The summed E-state index contributed by atoms with van der Waals surface area (Å²) in [5.41, 5.74) is 0.929. The molecule has 5 heteroatoms. The van der Waals surface area contributed by atoms with Gasteiger partial charge >= 0.3 is 0 Å². The summed E-state index contributed by atoms with van der Waals surface area (Å²) < 4.78 is 10.6. The van der Waals surface area contributed by atoms with Crippen molar-refractivity contribution in [3.8, 4) is 17.2 Å². The maximum absolute atomic E-state index is 12.4. The largest absolute Gasteiger partial charge is 0.507 e. The number of ketones is 1. The van der Waals surface area contributed by atoms with E-state index >= 15 is 0 Å². The summed E-state index contributed by atoms with van der Waals surface area (Å²) in [6, 6.07) is 1.69. The van der Waals surface area contributed by atoms with Gasteiger partial charge in [-0.25, -0.2) is 0 Å². The number of carbonyl (C=O) groups is 1. The van der Waals surface area contributed by atoms with Crippen molar-refractivity contribution in [1.29, 1.82) is 0 Å². The highest BCUT2D eigenvalue weighted by Crippen LogP contribution is 2.41. The summed E-state index contributed by atoms with van der Waals surface area (Å²) >= 11 is 1.71. The Balaban J connectivity index is 3.28. The van der Waals surface area contributed by atoms with Gasteiger partial charge in [-0.3, -0.25) is 4.79 Å². The molecule has 0 amide bonds. The molecule has 0 fully saturated rings. The first-order valence-electron chi connectivity index (χ1n) is 7.53. The molecule has 0 aliphatic heterocycles. The zero-order valence-corrected chi connectivity index (χ0v) is 14.9. The summed E-state index contributed by atoms with van der Waals surface area (Å²) in [6.07, 6.45) is 1.43. The number of benzene rings is 1. The topological polar surface area (TPSA) is 55.8 Å². The van der Waals surface area contributed by atoms with Gasteiger partial charge in [0.2, 0.25) is 0 Å². The smallest absolute Gasteiger partial charge is 0.170 e. The third kappa shape index (κ3) is 4.57. The first-order valence-corrected chi connectivity index (χ1v) is 8.69. The lowest BCUT2D eigenvalue weighted by Gasteiger charge is -2.17. The lowest BCUT2D eigenvalue weighted by molar-refractivity contribution is 0.0962. The molecule has 0 saturated carbocycles. The first kappa shape index (κ1) is 18.7. The van der Waals surface area contributed by atoms with Gasteiger partial charge in [0.25, 0.3) is 0 Å². The molecule has 4 nitrogen and oxygen atoms in total. The van der Waals surface area contributed by atoms with Crippen LogP contribution in [0.1, 0.15) is 49.5 Å². The third-order valence-electron chi connectivity index (χ3n) is 3.24. The van der Waals surface area contributed by atoms with E-state index in [4.69, 9.17) is 9.47 Å². The van der Waals surface area contributed by atoms with E-state index < -0.39 is 0 Å². The van der Waals surface area contributed by atoms with Crippen molar-refractivity contribution in [2.75, 3.05) is 20.0 Å². The van der Waals surface area contributed by atoms with Crippen molar-refractivity contribution in [3.63, 3.8) is 0 Å². The second-order valence-corrected chi connectivity index (χ2v) is 6.66. The molecule has 1 N–H and O–H groups in total. The maximum Gasteiger partial charge on any atom is 0.170 e. The van der Waals surface area contributed by atoms with Crippen LogP contribution >= 0.6 is 11.8 Å². The molecule has 0 aromatic heterocycles. The molecule has 1 rings (SSSR count). The molecule has 0 spiro atoms. The van der Waals surface area contributed by atoms with Crippen molar-refractivity contribution in [2.24, 2.45) is 5.92 Å². The van der Waals surface area contributed by atoms with Gasteiger partial charge < -0.3 is 14.6 Å². The van der Waals surface area contributed by atoms with Gasteiger partial charge in [-0.2, -0.15) is 11.8 Å². The van der Waals surface area contributed by atoms with Crippen LogP contribution in [0.4, 0.5) is 0 Å². The fourth-order valence-electron chi connectivity index (χ4n) is 2.21. The Morgan fingerprint density at radius 1 is 1.27 bits per heavy atom. The number of carbonyl (C=O) groups excluding carboxylic acids is 1. The molecule has 0 unspecified atom stereocenters. The molecule has 0 heterocycles. The van der Waals surface area contributed by atoms with E-state index in [2.05, 4.69) is 6.92 Å². The van der Waals surface area contributed by atoms with E-state index in [9.17, 15) is 9.90 Å². The highest BCUT2D eigenvalue weighted by Gasteiger charge is 2.24. The van der Waals surface area contributed by atoms with E-state index in [1.165, 1.54) is 7.11 Å². The second kappa shape index (κ2) is 8.93. The Labute approximate surface area is 137 Å². The fraction of sp³-hybridized carbons (Fsp3) is 0.588. The number of ether oxygens (including phenoxy) is 2.